The van der Waals surface area contributed by atoms with Crippen molar-refractivity contribution in [3.63, 3.8) is 0 Å². The first-order valence-electron chi connectivity index (χ1n) is 13.5. The Hall–Kier alpha value is -4.44. The van der Waals surface area contributed by atoms with E-state index < -0.39 is 79.0 Å². The minimum absolute atomic E-state index is 0.0994. The number of primary amides is 1. The molecule has 1 saturated carbocycles. The Kier molecular flexibility index (Phi) is 7.08. The molecule has 0 spiro atoms. The number of fused-ring (bicyclic) bond motifs is 3. The van der Waals surface area contributed by atoms with Gasteiger partial charge in [0.1, 0.15) is 17.1 Å². The predicted octanol–water partition coefficient (Wildman–Crippen LogP) is -0.0879. The van der Waals surface area contributed by atoms with E-state index in [9.17, 15) is 43.2 Å². The van der Waals surface area contributed by atoms with Crippen LogP contribution in [0.25, 0.3) is 5.76 Å². The molecule has 14 nitrogen and oxygen atoms in total. The van der Waals surface area contributed by atoms with Crippen LogP contribution in [-0.4, -0.2) is 96.6 Å². The Labute approximate surface area is 252 Å². The number of aromatic hydroxyl groups is 1. The lowest BCUT2D eigenvalue weighted by Crippen LogP contribution is -2.70. The van der Waals surface area contributed by atoms with Crippen LogP contribution in [0.3, 0.4) is 0 Å². The van der Waals surface area contributed by atoms with Gasteiger partial charge in [0.15, 0.2) is 17.1 Å². The molecule has 0 radical (unpaired) electrons. The van der Waals surface area contributed by atoms with E-state index in [0.29, 0.717) is 5.69 Å². The second-order valence-corrected chi connectivity index (χ2v) is 13.5. The summed E-state index contributed by atoms with van der Waals surface area (Å²) in [5, 5.41) is 45.9. The number of hydrogen-bond acceptors (Lipinski definition) is 12. The topological polar surface area (TPSA) is 237 Å². The zero-order valence-electron chi connectivity index (χ0n) is 24.3. The first kappa shape index (κ1) is 31.0. The molecular formula is C29H33N5O9S. The van der Waals surface area contributed by atoms with Crippen LogP contribution in [0.4, 0.5) is 11.4 Å². The van der Waals surface area contributed by atoms with Crippen molar-refractivity contribution >= 4 is 44.6 Å². The summed E-state index contributed by atoms with van der Waals surface area (Å²) in [4.78, 5) is 42.6. The Balaban J connectivity index is 1.76. The standard InChI is InChI=1S/C29H33N5O9S/c1-33(2)17-10-16(32-44(42,43)13-8-6-5-7-9-13)22(35)18-14(17)11-28(31)12-15-21(34(3)4)24(37)19(27(30)40)25(38)29(15,41)26(39)20(28)23(18)36/h5-10,15,21,32,35-36,38,41H,11-12,31H2,1-4H3,(H2,30,40)/t15-,21?,28+,29?/m0/s1. The highest BCUT2D eigenvalue weighted by molar-refractivity contribution is 7.92. The number of phenols is 1. The number of nitrogens with two attached hydrogens (primary N) is 2. The molecular weight excluding hydrogens is 594 g/mol. The largest absolute Gasteiger partial charge is 0.508 e. The highest BCUT2D eigenvalue weighted by Gasteiger charge is 2.67. The van der Waals surface area contributed by atoms with Crippen molar-refractivity contribution in [2.24, 2.45) is 17.4 Å². The van der Waals surface area contributed by atoms with Crippen LogP contribution < -0.4 is 21.1 Å². The molecule has 0 aliphatic heterocycles. The summed E-state index contributed by atoms with van der Waals surface area (Å²) in [6, 6.07) is 7.42. The van der Waals surface area contributed by atoms with E-state index in [1.165, 1.54) is 49.3 Å². The molecule has 2 unspecified atom stereocenters. The average Bonchev–Trinajstić information content (AvgIpc) is 2.92. The van der Waals surface area contributed by atoms with Crippen LogP contribution in [0.15, 0.2) is 58.2 Å². The van der Waals surface area contributed by atoms with Crippen LogP contribution in [0.5, 0.6) is 5.75 Å². The molecule has 0 heterocycles. The molecule has 0 saturated heterocycles. The molecule has 3 aliphatic carbocycles. The third-order valence-corrected chi connectivity index (χ3v) is 10.00. The van der Waals surface area contributed by atoms with E-state index in [4.69, 9.17) is 11.5 Å². The number of Topliss-reactive ketones (excluding diaryl/α,β-unsaturated/α-hetero) is 2. The highest BCUT2D eigenvalue weighted by atomic mass is 32.2. The molecule has 5 rings (SSSR count). The maximum atomic E-state index is 14.2. The molecule has 15 heteroatoms. The number of aliphatic hydroxyl groups is 3. The average molecular weight is 628 g/mol. The molecule has 3 aliphatic rings. The third-order valence-electron chi connectivity index (χ3n) is 8.62. The summed E-state index contributed by atoms with van der Waals surface area (Å²) in [5.41, 5.74) is 6.02. The van der Waals surface area contributed by atoms with Gasteiger partial charge in [0.25, 0.3) is 15.9 Å². The van der Waals surface area contributed by atoms with Crippen LogP contribution >= 0.6 is 0 Å². The molecule has 4 atom stereocenters. The maximum absolute atomic E-state index is 14.2. The van der Waals surface area contributed by atoms with E-state index in [2.05, 4.69) is 4.72 Å². The van der Waals surface area contributed by atoms with Gasteiger partial charge in [0.05, 0.1) is 33.3 Å². The van der Waals surface area contributed by atoms with Gasteiger partial charge in [-0.25, -0.2) is 8.42 Å². The summed E-state index contributed by atoms with van der Waals surface area (Å²) in [6.07, 6.45) is -0.525. The van der Waals surface area contributed by atoms with Crippen molar-refractivity contribution in [1.82, 2.24) is 4.90 Å². The van der Waals surface area contributed by atoms with Crippen LogP contribution in [0.2, 0.25) is 0 Å². The summed E-state index contributed by atoms with van der Waals surface area (Å²) >= 11 is 0. The van der Waals surface area contributed by atoms with Gasteiger partial charge in [-0.1, -0.05) is 18.2 Å². The quantitative estimate of drug-likeness (QED) is 0.164. The maximum Gasteiger partial charge on any atom is 0.262 e. The van der Waals surface area contributed by atoms with Gasteiger partial charge in [-0.2, -0.15) is 0 Å². The van der Waals surface area contributed by atoms with Crippen LogP contribution in [-0.2, 0) is 30.8 Å². The minimum Gasteiger partial charge on any atom is -0.508 e. The molecule has 1 fully saturated rings. The van der Waals surface area contributed by atoms with Crippen LogP contribution in [0.1, 0.15) is 17.5 Å². The lowest BCUT2D eigenvalue weighted by molar-refractivity contribution is -0.154. The minimum atomic E-state index is -4.21. The molecule has 0 aromatic heterocycles. The zero-order chi connectivity index (χ0) is 32.7. The molecule has 0 bridgehead atoms. The van der Waals surface area contributed by atoms with E-state index in [1.54, 1.807) is 25.1 Å². The summed E-state index contributed by atoms with van der Waals surface area (Å²) in [5.74, 6) is -7.76. The van der Waals surface area contributed by atoms with Gasteiger partial charge in [-0.05, 0) is 50.7 Å². The zero-order valence-corrected chi connectivity index (χ0v) is 25.1. The molecule has 2 aromatic rings. The number of aliphatic hydroxyl groups excluding tert-OH is 2. The Bertz CT molecular complexity index is 1800. The molecule has 234 valence electrons. The Morgan fingerprint density at radius 3 is 2.23 bits per heavy atom. The summed E-state index contributed by atoms with van der Waals surface area (Å²) in [7, 11) is 2.04. The SMILES string of the molecule is CN(C)c1cc(NS(=O)(=O)c2ccccc2)c(O)c2c1C[C@@]1(N)C[C@H]3C(N(C)C)C(=O)C(C(N)=O)=C(O)C3(O)C(=O)C1=C2O. The predicted molar refractivity (Wildman–Crippen MR) is 159 cm³/mol. The van der Waals surface area contributed by atoms with Gasteiger partial charge >= 0.3 is 0 Å². The number of rotatable bonds is 6. The molecule has 2 aromatic carbocycles. The Morgan fingerprint density at radius 2 is 1.68 bits per heavy atom. The fraction of sp³-hybridized carbons (Fsp3) is 0.345. The van der Waals surface area contributed by atoms with E-state index >= 15 is 0 Å². The van der Waals surface area contributed by atoms with Gasteiger partial charge in [0, 0.05) is 25.7 Å². The van der Waals surface area contributed by atoms with Gasteiger partial charge < -0.3 is 36.8 Å². The number of anilines is 2. The Morgan fingerprint density at radius 1 is 1.07 bits per heavy atom. The van der Waals surface area contributed by atoms with Crippen molar-refractivity contribution in [1.29, 1.82) is 0 Å². The number of sulfonamides is 1. The number of nitrogens with zero attached hydrogens (tertiary/aromatic N) is 2. The number of nitrogens with one attached hydrogen (secondary N) is 1. The molecule has 1 amide bonds. The van der Waals surface area contributed by atoms with Crippen molar-refractivity contribution in [3.8, 4) is 5.75 Å². The van der Waals surface area contributed by atoms with Crippen molar-refractivity contribution in [3.05, 3.63) is 64.4 Å². The normalized spacial score (nSPS) is 26.7. The number of benzene rings is 2. The monoisotopic (exact) mass is 627 g/mol. The first-order chi connectivity index (χ1) is 20.4. The highest BCUT2D eigenvalue weighted by Crippen LogP contribution is 2.55. The molecule has 9 N–H and O–H groups in total. The van der Waals surface area contributed by atoms with E-state index in [1.807, 2.05) is 0 Å². The second kappa shape index (κ2) is 10.1. The smallest absolute Gasteiger partial charge is 0.262 e. The first-order valence-corrected chi connectivity index (χ1v) is 14.9. The fourth-order valence-corrected chi connectivity index (χ4v) is 7.76. The second-order valence-electron chi connectivity index (χ2n) is 11.8. The number of carbonyl (C=O) groups excluding carboxylic acids is 3. The van der Waals surface area contributed by atoms with Crippen molar-refractivity contribution < 1.29 is 43.2 Å². The summed E-state index contributed by atoms with van der Waals surface area (Å²) in [6.45, 7) is 0. The summed E-state index contributed by atoms with van der Waals surface area (Å²) < 4.78 is 28.6. The van der Waals surface area contributed by atoms with Crippen LogP contribution in [0, 0.1) is 5.92 Å². The number of hydrogen-bond donors (Lipinski definition) is 7. The van der Waals surface area contributed by atoms with Gasteiger partial charge in [-0.15, -0.1) is 0 Å². The van der Waals surface area contributed by atoms with Gasteiger partial charge in [0.2, 0.25) is 5.78 Å². The lowest BCUT2D eigenvalue weighted by Gasteiger charge is -2.53. The number of likely N-dealkylation sites (N-methyl/N-ethyl adjacent to an activating group) is 1. The number of phenolic OH excluding ortho intramolecular Hbond substituents is 1. The number of carbonyl (C=O) groups is 3. The number of ketones is 2. The number of amides is 1. The lowest BCUT2D eigenvalue weighted by atomic mass is 9.55. The van der Waals surface area contributed by atoms with Gasteiger partial charge in [-0.3, -0.25) is 24.0 Å². The fourth-order valence-electron chi connectivity index (χ4n) is 6.68. The molecule has 44 heavy (non-hydrogen) atoms. The third kappa shape index (κ3) is 4.26. The van der Waals surface area contributed by atoms with E-state index in [0.717, 1.165) is 0 Å². The van der Waals surface area contributed by atoms with E-state index in [-0.39, 0.29) is 34.6 Å². The van der Waals surface area contributed by atoms with Crippen molar-refractivity contribution in [2.75, 3.05) is 37.8 Å². The van der Waals surface area contributed by atoms with Crippen molar-refractivity contribution in [2.45, 2.75) is 34.9 Å².